The Labute approximate surface area is 159 Å². The van der Waals surface area contributed by atoms with E-state index in [2.05, 4.69) is 53.3 Å². The molecular formula is C24H34N2. The Morgan fingerprint density at radius 1 is 0.923 bits per heavy atom. The molecule has 0 unspecified atom stereocenters. The number of hydrogen-bond acceptors (Lipinski definition) is 2. The van der Waals surface area contributed by atoms with Crippen molar-refractivity contribution in [2.24, 2.45) is 23.2 Å². The van der Waals surface area contributed by atoms with Crippen LogP contribution in [0, 0.1) is 23.2 Å². The lowest BCUT2D eigenvalue weighted by atomic mass is 9.47. The molecule has 26 heavy (non-hydrogen) atoms. The maximum absolute atomic E-state index is 2.66. The zero-order valence-electron chi connectivity index (χ0n) is 16.4. The van der Waals surface area contributed by atoms with Crippen LogP contribution in [-0.2, 0) is 0 Å². The van der Waals surface area contributed by atoms with E-state index in [9.17, 15) is 0 Å². The summed E-state index contributed by atoms with van der Waals surface area (Å²) in [5.74, 6) is 3.03. The largest absolute Gasteiger partial charge is 0.304 e. The summed E-state index contributed by atoms with van der Waals surface area (Å²) < 4.78 is 0. The van der Waals surface area contributed by atoms with Crippen LogP contribution < -0.4 is 0 Å². The SMILES string of the molecule is CN1CCN(C/C=C(\c2ccccc2)C23CC4CC(CC(C4)C2)C3)CC1. The second-order valence-corrected chi connectivity index (χ2v) is 9.79. The van der Waals surface area contributed by atoms with Crippen LogP contribution in [0.2, 0.25) is 0 Å². The molecule has 1 saturated heterocycles. The van der Waals surface area contributed by atoms with Gasteiger partial charge in [-0.2, -0.15) is 0 Å². The van der Waals surface area contributed by atoms with Crippen LogP contribution in [-0.4, -0.2) is 49.6 Å². The summed E-state index contributed by atoms with van der Waals surface area (Å²) in [6, 6.07) is 11.4. The molecule has 1 heterocycles. The fourth-order valence-electron chi connectivity index (χ4n) is 6.95. The smallest absolute Gasteiger partial charge is 0.0170 e. The number of piperazine rings is 1. The predicted octanol–water partition coefficient (Wildman–Crippen LogP) is 4.53. The normalized spacial score (nSPS) is 38.0. The molecule has 0 spiro atoms. The molecule has 0 amide bonds. The molecule has 1 aromatic carbocycles. The Morgan fingerprint density at radius 2 is 1.50 bits per heavy atom. The maximum Gasteiger partial charge on any atom is 0.0170 e. The van der Waals surface area contributed by atoms with Gasteiger partial charge in [-0.3, -0.25) is 4.90 Å². The van der Waals surface area contributed by atoms with Gasteiger partial charge in [-0.05, 0) is 79.9 Å². The average Bonchev–Trinajstić information content (AvgIpc) is 2.63. The summed E-state index contributed by atoms with van der Waals surface area (Å²) >= 11 is 0. The zero-order valence-corrected chi connectivity index (χ0v) is 16.4. The first-order chi connectivity index (χ1) is 12.7. The molecule has 5 fully saturated rings. The molecule has 1 aromatic rings. The number of rotatable bonds is 4. The van der Waals surface area contributed by atoms with E-state index in [-0.39, 0.29) is 0 Å². The van der Waals surface area contributed by atoms with E-state index in [1.54, 1.807) is 5.57 Å². The number of nitrogens with zero attached hydrogens (tertiary/aromatic N) is 2. The van der Waals surface area contributed by atoms with Gasteiger partial charge in [-0.15, -0.1) is 0 Å². The standard InChI is InChI=1S/C24H34N2/c1-25-9-11-26(12-10-25)8-7-23(22-5-3-2-4-6-22)24-16-19-13-20(17-24)15-21(14-19)18-24/h2-7,19-21H,8-18H2,1H3/b23-7+. The van der Waals surface area contributed by atoms with Gasteiger partial charge in [0.15, 0.2) is 0 Å². The summed E-state index contributed by atoms with van der Waals surface area (Å²) in [5, 5.41) is 0. The highest BCUT2D eigenvalue weighted by atomic mass is 15.2. The Kier molecular flexibility index (Phi) is 4.45. The van der Waals surface area contributed by atoms with Crippen LogP contribution in [0.4, 0.5) is 0 Å². The van der Waals surface area contributed by atoms with Crippen molar-refractivity contribution in [1.82, 2.24) is 9.80 Å². The number of hydrogen-bond donors (Lipinski definition) is 0. The van der Waals surface area contributed by atoms with Crippen molar-refractivity contribution in [3.63, 3.8) is 0 Å². The minimum Gasteiger partial charge on any atom is -0.304 e. The topological polar surface area (TPSA) is 6.48 Å². The summed E-state index contributed by atoms with van der Waals surface area (Å²) in [5.41, 5.74) is 3.70. The Bertz CT molecular complexity index is 619. The quantitative estimate of drug-likeness (QED) is 0.787. The molecule has 2 nitrogen and oxygen atoms in total. The van der Waals surface area contributed by atoms with Crippen molar-refractivity contribution in [3.05, 3.63) is 42.0 Å². The molecule has 4 saturated carbocycles. The summed E-state index contributed by atoms with van der Waals surface area (Å²) in [6.07, 6.45) is 11.6. The fraction of sp³-hybridized carbons (Fsp3) is 0.667. The maximum atomic E-state index is 2.66. The van der Waals surface area contributed by atoms with Crippen LogP contribution in [0.5, 0.6) is 0 Å². The van der Waals surface area contributed by atoms with Gasteiger partial charge in [0, 0.05) is 32.7 Å². The molecule has 4 aliphatic carbocycles. The molecule has 1 aliphatic heterocycles. The van der Waals surface area contributed by atoms with E-state index in [0.717, 1.165) is 24.3 Å². The summed E-state index contributed by atoms with van der Waals surface area (Å²) in [7, 11) is 2.25. The van der Waals surface area contributed by atoms with Crippen LogP contribution in [0.1, 0.15) is 44.1 Å². The van der Waals surface area contributed by atoms with Gasteiger partial charge in [0.2, 0.25) is 0 Å². The first-order valence-corrected chi connectivity index (χ1v) is 10.9. The van der Waals surface area contributed by atoms with Crippen molar-refractivity contribution in [2.75, 3.05) is 39.8 Å². The van der Waals surface area contributed by atoms with Crippen LogP contribution >= 0.6 is 0 Å². The fourth-order valence-corrected chi connectivity index (χ4v) is 6.95. The van der Waals surface area contributed by atoms with E-state index >= 15 is 0 Å². The van der Waals surface area contributed by atoms with Crippen molar-refractivity contribution in [1.29, 1.82) is 0 Å². The van der Waals surface area contributed by atoms with E-state index in [1.807, 2.05) is 0 Å². The molecule has 0 N–H and O–H groups in total. The first-order valence-electron chi connectivity index (χ1n) is 10.9. The first kappa shape index (κ1) is 17.0. The predicted molar refractivity (Wildman–Crippen MR) is 109 cm³/mol. The van der Waals surface area contributed by atoms with Gasteiger partial charge < -0.3 is 4.90 Å². The summed E-state index contributed by atoms with van der Waals surface area (Å²) in [6.45, 7) is 6.00. The lowest BCUT2D eigenvalue weighted by Crippen LogP contribution is -2.47. The van der Waals surface area contributed by atoms with Crippen LogP contribution in [0.3, 0.4) is 0 Å². The second-order valence-electron chi connectivity index (χ2n) is 9.79. The van der Waals surface area contributed by atoms with Gasteiger partial charge in [0.05, 0.1) is 0 Å². The van der Waals surface area contributed by atoms with Crippen molar-refractivity contribution in [2.45, 2.75) is 38.5 Å². The molecule has 4 bridgehead atoms. The highest BCUT2D eigenvalue weighted by Gasteiger charge is 2.52. The van der Waals surface area contributed by atoms with Gasteiger partial charge >= 0.3 is 0 Å². The van der Waals surface area contributed by atoms with Gasteiger partial charge in [0.1, 0.15) is 0 Å². The van der Waals surface area contributed by atoms with Crippen molar-refractivity contribution >= 4 is 5.57 Å². The minimum atomic E-state index is 0.489. The van der Waals surface area contributed by atoms with Gasteiger partial charge in [-0.1, -0.05) is 36.4 Å². The molecule has 0 aromatic heterocycles. The average molecular weight is 351 g/mol. The van der Waals surface area contributed by atoms with Crippen LogP contribution in [0.25, 0.3) is 5.57 Å². The van der Waals surface area contributed by atoms with Crippen molar-refractivity contribution < 1.29 is 0 Å². The van der Waals surface area contributed by atoms with E-state index in [1.165, 1.54) is 70.3 Å². The molecule has 0 atom stereocenters. The number of allylic oxidation sites excluding steroid dienone is 1. The zero-order chi connectivity index (χ0) is 17.6. The molecular weight excluding hydrogens is 316 g/mol. The van der Waals surface area contributed by atoms with E-state index < -0.39 is 0 Å². The Morgan fingerprint density at radius 3 is 2.08 bits per heavy atom. The number of benzene rings is 1. The van der Waals surface area contributed by atoms with Crippen molar-refractivity contribution in [3.8, 4) is 0 Å². The molecule has 6 rings (SSSR count). The number of likely N-dealkylation sites (N-methyl/N-ethyl adjacent to an activating group) is 1. The Hall–Kier alpha value is -1.12. The molecule has 5 aliphatic rings. The lowest BCUT2D eigenvalue weighted by Gasteiger charge is -2.58. The molecule has 2 heteroatoms. The van der Waals surface area contributed by atoms with E-state index in [0.29, 0.717) is 5.41 Å². The Balaban J connectivity index is 1.44. The highest BCUT2D eigenvalue weighted by molar-refractivity contribution is 5.71. The molecule has 140 valence electrons. The monoisotopic (exact) mass is 350 g/mol. The third-order valence-corrected chi connectivity index (χ3v) is 7.84. The van der Waals surface area contributed by atoms with Gasteiger partial charge in [0.25, 0.3) is 0 Å². The summed E-state index contributed by atoms with van der Waals surface area (Å²) in [4.78, 5) is 5.11. The van der Waals surface area contributed by atoms with Gasteiger partial charge in [-0.25, -0.2) is 0 Å². The second kappa shape index (κ2) is 6.80. The lowest BCUT2D eigenvalue weighted by molar-refractivity contribution is -0.0179. The van der Waals surface area contributed by atoms with Crippen LogP contribution in [0.15, 0.2) is 36.4 Å². The minimum absolute atomic E-state index is 0.489. The third kappa shape index (κ3) is 3.16. The van der Waals surface area contributed by atoms with E-state index in [4.69, 9.17) is 0 Å². The molecule has 0 radical (unpaired) electrons. The highest BCUT2D eigenvalue weighted by Crippen LogP contribution is 2.64. The third-order valence-electron chi connectivity index (χ3n) is 7.84.